The predicted octanol–water partition coefficient (Wildman–Crippen LogP) is 1.29. The molecule has 0 aromatic carbocycles. The van der Waals surface area contributed by atoms with Gasteiger partial charge in [0.05, 0.1) is 23.6 Å². The van der Waals surface area contributed by atoms with Crippen molar-refractivity contribution in [3.05, 3.63) is 28.1 Å². The molecule has 2 unspecified atom stereocenters. The summed E-state index contributed by atoms with van der Waals surface area (Å²) in [5.41, 5.74) is 6.92. The van der Waals surface area contributed by atoms with E-state index in [1.165, 1.54) is 0 Å². The highest BCUT2D eigenvalue weighted by Crippen LogP contribution is 2.15. The van der Waals surface area contributed by atoms with Crippen LogP contribution in [0.5, 0.6) is 0 Å². The van der Waals surface area contributed by atoms with E-state index in [1.807, 2.05) is 0 Å². The lowest BCUT2D eigenvalue weighted by molar-refractivity contribution is 0.188. The fraction of sp³-hybridized carbons (Fsp3) is 0.500. The molecule has 0 aliphatic carbocycles. The minimum atomic E-state index is -0.505. The molecule has 2 heterocycles. The second kappa shape index (κ2) is 6.87. The summed E-state index contributed by atoms with van der Waals surface area (Å²) in [4.78, 5) is 0. The molecule has 2 aromatic rings. The smallest absolute Gasteiger partial charge is 0.145 e. The zero-order valence-electron chi connectivity index (χ0n) is 11.9. The first-order valence-electron chi connectivity index (χ1n) is 6.07. The van der Waals surface area contributed by atoms with Crippen LogP contribution in [-0.4, -0.2) is 29.8 Å². The van der Waals surface area contributed by atoms with E-state index in [0.717, 1.165) is 16.0 Å². The highest BCUT2D eigenvalue weighted by Gasteiger charge is 2.07. The van der Waals surface area contributed by atoms with Crippen molar-refractivity contribution < 1.29 is 10.2 Å². The second-order valence-electron chi connectivity index (χ2n) is 4.49. The number of aliphatic hydroxyl groups is 2. The number of hydrogen-bond donors (Lipinski definition) is 3. The van der Waals surface area contributed by atoms with Gasteiger partial charge >= 0.3 is 0 Å². The molecule has 20 heavy (non-hydrogen) atoms. The van der Waals surface area contributed by atoms with Crippen molar-refractivity contribution in [2.75, 3.05) is 5.73 Å². The summed E-state index contributed by atoms with van der Waals surface area (Å²) in [6.45, 7) is 3.39. The summed E-state index contributed by atoms with van der Waals surface area (Å²) in [5, 5.41) is 26.1. The van der Waals surface area contributed by atoms with Gasteiger partial charge in [-0.15, -0.1) is 0 Å². The number of nitrogen functional groups attached to an aromatic ring is 1. The average molecular weight is 346 g/mol. The van der Waals surface area contributed by atoms with Crippen LogP contribution in [0.25, 0.3) is 0 Å². The molecule has 4 N–H and O–H groups in total. The topological polar surface area (TPSA) is 102 Å². The zero-order chi connectivity index (χ0) is 15.4. The highest BCUT2D eigenvalue weighted by molar-refractivity contribution is 9.10. The van der Waals surface area contributed by atoms with Gasteiger partial charge in [0.2, 0.25) is 0 Å². The van der Waals surface area contributed by atoms with Gasteiger partial charge in [0.15, 0.2) is 0 Å². The van der Waals surface area contributed by atoms with E-state index in [9.17, 15) is 0 Å². The summed E-state index contributed by atoms with van der Waals surface area (Å²) >= 11 is 3.21. The molecule has 0 saturated heterocycles. The fourth-order valence-electron chi connectivity index (χ4n) is 1.73. The third-order valence-electron chi connectivity index (χ3n) is 2.68. The van der Waals surface area contributed by atoms with Crippen LogP contribution in [0.15, 0.2) is 16.7 Å². The standard InChI is InChI=1S/C6H9BrN2O.C6H11N3O/c2*1-4(10)5-3-6(7)8-9(5)2/h3-4,10H,1-2H3;3-4,10H,1-2H3,(H2,7,8). The molecule has 7 nitrogen and oxygen atoms in total. The molecule has 0 spiro atoms. The van der Waals surface area contributed by atoms with E-state index in [0.29, 0.717) is 5.82 Å². The molecule has 0 radical (unpaired) electrons. The molecule has 0 aliphatic heterocycles. The summed E-state index contributed by atoms with van der Waals surface area (Å²) < 4.78 is 3.97. The van der Waals surface area contributed by atoms with Gasteiger partial charge in [0, 0.05) is 20.2 Å². The van der Waals surface area contributed by atoms with Gasteiger partial charge in [-0.05, 0) is 35.8 Å². The van der Waals surface area contributed by atoms with Crippen molar-refractivity contribution in [1.29, 1.82) is 0 Å². The Morgan fingerprint density at radius 1 is 1.05 bits per heavy atom. The van der Waals surface area contributed by atoms with Crippen LogP contribution in [0.3, 0.4) is 0 Å². The van der Waals surface area contributed by atoms with Gasteiger partial charge < -0.3 is 15.9 Å². The quantitative estimate of drug-likeness (QED) is 0.761. The molecular weight excluding hydrogens is 326 g/mol. The third kappa shape index (κ3) is 4.32. The highest BCUT2D eigenvalue weighted by atomic mass is 79.9. The number of nitrogens with two attached hydrogens (primary N) is 1. The van der Waals surface area contributed by atoms with Crippen molar-refractivity contribution in [2.45, 2.75) is 26.1 Å². The van der Waals surface area contributed by atoms with E-state index < -0.39 is 12.2 Å². The number of nitrogens with zero attached hydrogens (tertiary/aromatic N) is 4. The second-order valence-corrected chi connectivity index (χ2v) is 5.30. The third-order valence-corrected chi connectivity index (χ3v) is 3.06. The lowest BCUT2D eigenvalue weighted by atomic mass is 10.3. The maximum atomic E-state index is 9.14. The first kappa shape index (κ1) is 16.7. The minimum Gasteiger partial charge on any atom is -0.387 e. The molecule has 0 saturated carbocycles. The summed E-state index contributed by atoms with van der Waals surface area (Å²) in [7, 11) is 3.55. The van der Waals surface area contributed by atoms with Gasteiger partial charge in [0.25, 0.3) is 0 Å². The first-order valence-corrected chi connectivity index (χ1v) is 6.86. The number of halogens is 1. The number of rotatable bonds is 2. The van der Waals surface area contributed by atoms with Crippen LogP contribution in [0.1, 0.15) is 37.4 Å². The van der Waals surface area contributed by atoms with E-state index in [1.54, 1.807) is 49.4 Å². The SMILES string of the molecule is CC(O)c1cc(Br)nn1C.CC(O)c1cc(N)nn1C. The Kier molecular flexibility index (Phi) is 5.73. The fourth-order valence-corrected chi connectivity index (χ4v) is 2.20. The molecule has 0 fully saturated rings. The van der Waals surface area contributed by atoms with Gasteiger partial charge in [-0.1, -0.05) is 0 Å². The van der Waals surface area contributed by atoms with Gasteiger partial charge in [0.1, 0.15) is 10.4 Å². The van der Waals surface area contributed by atoms with Crippen LogP contribution in [0.4, 0.5) is 5.82 Å². The van der Waals surface area contributed by atoms with E-state index in [2.05, 4.69) is 26.1 Å². The molecule has 0 amide bonds. The number of aliphatic hydroxyl groups excluding tert-OH is 2. The Balaban J connectivity index is 0.000000200. The zero-order valence-corrected chi connectivity index (χ0v) is 13.5. The van der Waals surface area contributed by atoms with E-state index in [-0.39, 0.29) is 0 Å². The average Bonchev–Trinajstić information content (AvgIpc) is 2.82. The molecule has 2 rings (SSSR count). The predicted molar refractivity (Wildman–Crippen MR) is 79.8 cm³/mol. The van der Waals surface area contributed by atoms with E-state index >= 15 is 0 Å². The summed E-state index contributed by atoms with van der Waals surface area (Å²) in [5.74, 6) is 0.443. The lowest BCUT2D eigenvalue weighted by Gasteiger charge is -2.01. The number of aryl methyl sites for hydroxylation is 2. The van der Waals surface area contributed by atoms with Crippen LogP contribution in [-0.2, 0) is 14.1 Å². The first-order chi connectivity index (χ1) is 9.22. The molecule has 112 valence electrons. The van der Waals surface area contributed by atoms with Crippen LogP contribution in [0, 0.1) is 0 Å². The van der Waals surface area contributed by atoms with Crippen LogP contribution >= 0.6 is 15.9 Å². The summed E-state index contributed by atoms with van der Waals surface area (Å²) in [6, 6.07) is 3.45. The normalized spacial score (nSPS) is 13.6. The van der Waals surface area contributed by atoms with Crippen molar-refractivity contribution in [1.82, 2.24) is 19.6 Å². The van der Waals surface area contributed by atoms with Crippen molar-refractivity contribution in [3.63, 3.8) is 0 Å². The Bertz CT molecular complexity index is 512. The minimum absolute atomic E-state index is 0.443. The Labute approximate surface area is 126 Å². The van der Waals surface area contributed by atoms with Crippen molar-refractivity contribution in [3.8, 4) is 0 Å². The monoisotopic (exact) mass is 345 g/mol. The molecule has 8 heteroatoms. The number of aromatic nitrogens is 4. The van der Waals surface area contributed by atoms with E-state index in [4.69, 9.17) is 15.9 Å². The van der Waals surface area contributed by atoms with Crippen molar-refractivity contribution in [2.24, 2.45) is 14.1 Å². The Hall–Kier alpha value is -1.38. The summed E-state index contributed by atoms with van der Waals surface area (Å²) in [6.07, 6.45) is -0.960. The maximum Gasteiger partial charge on any atom is 0.145 e. The lowest BCUT2D eigenvalue weighted by Crippen LogP contribution is -2.01. The maximum absolute atomic E-state index is 9.14. The Morgan fingerprint density at radius 3 is 1.70 bits per heavy atom. The largest absolute Gasteiger partial charge is 0.387 e. The molecule has 0 aliphatic rings. The van der Waals surface area contributed by atoms with Crippen LogP contribution in [0.2, 0.25) is 0 Å². The molecule has 0 bridgehead atoms. The molecule has 2 atom stereocenters. The van der Waals surface area contributed by atoms with Gasteiger partial charge in [-0.2, -0.15) is 10.2 Å². The van der Waals surface area contributed by atoms with Gasteiger partial charge in [-0.25, -0.2) is 0 Å². The van der Waals surface area contributed by atoms with Crippen LogP contribution < -0.4 is 5.73 Å². The molecular formula is C12H20BrN5O2. The Morgan fingerprint density at radius 2 is 1.50 bits per heavy atom. The van der Waals surface area contributed by atoms with Gasteiger partial charge in [-0.3, -0.25) is 9.36 Å². The number of hydrogen-bond acceptors (Lipinski definition) is 5. The number of anilines is 1. The molecule has 2 aromatic heterocycles. The van der Waals surface area contributed by atoms with Crippen molar-refractivity contribution >= 4 is 21.7 Å².